The first kappa shape index (κ1) is 19.0. The van der Waals surface area contributed by atoms with Crippen LogP contribution in [0.5, 0.6) is 0 Å². The van der Waals surface area contributed by atoms with Crippen LogP contribution in [-0.4, -0.2) is 31.3 Å². The average Bonchev–Trinajstić information content (AvgIpc) is 2.92. The number of hydrogen-bond acceptors (Lipinski definition) is 7. The molecule has 7 nitrogen and oxygen atoms in total. The van der Waals surface area contributed by atoms with Gasteiger partial charge in [-0.1, -0.05) is 12.1 Å². The third-order valence-corrected chi connectivity index (χ3v) is 4.11. The summed E-state index contributed by atoms with van der Waals surface area (Å²) in [6, 6.07) is 9.38. The molecule has 3 rings (SSSR count). The van der Waals surface area contributed by atoms with Crippen molar-refractivity contribution in [1.82, 2.24) is 9.97 Å². The molecule has 0 aliphatic heterocycles. The van der Waals surface area contributed by atoms with Crippen molar-refractivity contribution in [3.8, 4) is 17.3 Å². The van der Waals surface area contributed by atoms with Gasteiger partial charge in [-0.05, 0) is 18.2 Å². The van der Waals surface area contributed by atoms with E-state index in [1.54, 1.807) is 45.9 Å². The monoisotopic (exact) mass is 376 g/mol. The molecule has 1 aromatic carbocycles. The molecule has 0 unspecified atom stereocenters. The van der Waals surface area contributed by atoms with Crippen LogP contribution in [0.3, 0.4) is 0 Å². The highest BCUT2D eigenvalue weighted by atomic mass is 16.5. The Balaban J connectivity index is 1.90. The highest BCUT2D eigenvalue weighted by Crippen LogP contribution is 2.26. The number of aromatic nitrogens is 2. The van der Waals surface area contributed by atoms with Gasteiger partial charge in [-0.25, -0.2) is 4.98 Å². The molecule has 7 heteroatoms. The van der Waals surface area contributed by atoms with Gasteiger partial charge in [-0.2, -0.15) is 5.26 Å². The number of benzene rings is 1. The summed E-state index contributed by atoms with van der Waals surface area (Å²) in [6.07, 6.45) is 7.61. The van der Waals surface area contributed by atoms with Crippen molar-refractivity contribution in [2.45, 2.75) is 6.42 Å². The molecule has 1 aliphatic rings. The Morgan fingerprint density at radius 3 is 2.68 bits per heavy atom. The quantitative estimate of drug-likeness (QED) is 0.821. The van der Waals surface area contributed by atoms with Gasteiger partial charge < -0.3 is 19.5 Å². The number of nitrogens with zero attached hydrogens (tertiary/aromatic N) is 3. The molecular weight excluding hydrogens is 356 g/mol. The Morgan fingerprint density at radius 1 is 1.11 bits per heavy atom. The van der Waals surface area contributed by atoms with Crippen LogP contribution >= 0.6 is 0 Å². The number of allylic oxidation sites excluding steroid dienone is 2. The second-order valence-electron chi connectivity index (χ2n) is 5.85. The first-order valence-electron chi connectivity index (χ1n) is 8.55. The smallest absolute Gasteiger partial charge is 0.202 e. The molecule has 1 aliphatic carbocycles. The number of methoxy groups -OCH3 is 3. The van der Waals surface area contributed by atoms with Crippen molar-refractivity contribution < 1.29 is 14.2 Å². The predicted molar refractivity (Wildman–Crippen MR) is 105 cm³/mol. The molecular formula is C21H20N4O3. The highest BCUT2D eigenvalue weighted by Gasteiger charge is 2.17. The van der Waals surface area contributed by atoms with Crippen LogP contribution in [0.1, 0.15) is 12.0 Å². The lowest BCUT2D eigenvalue weighted by Gasteiger charge is -2.11. The number of anilines is 1. The topological polar surface area (TPSA) is 89.3 Å². The van der Waals surface area contributed by atoms with E-state index in [0.29, 0.717) is 40.8 Å². The van der Waals surface area contributed by atoms with Crippen molar-refractivity contribution in [3.63, 3.8) is 0 Å². The summed E-state index contributed by atoms with van der Waals surface area (Å²) in [5, 5.41) is 12.4. The highest BCUT2D eigenvalue weighted by molar-refractivity contribution is 5.62. The molecule has 2 aromatic rings. The van der Waals surface area contributed by atoms with Crippen LogP contribution in [0.2, 0.25) is 0 Å². The molecule has 0 amide bonds. The lowest BCUT2D eigenvalue weighted by molar-refractivity contribution is 0.191. The maximum Gasteiger partial charge on any atom is 0.202 e. The van der Waals surface area contributed by atoms with Gasteiger partial charge in [0.25, 0.3) is 0 Å². The third-order valence-electron chi connectivity index (χ3n) is 4.11. The van der Waals surface area contributed by atoms with Gasteiger partial charge in [-0.3, -0.25) is 4.98 Å². The second kappa shape index (κ2) is 8.73. The molecule has 1 N–H and O–H groups in total. The number of rotatable bonds is 6. The van der Waals surface area contributed by atoms with Crippen molar-refractivity contribution in [1.29, 1.82) is 5.26 Å². The van der Waals surface area contributed by atoms with Gasteiger partial charge in [0.15, 0.2) is 11.5 Å². The Hall–Kier alpha value is -3.79. The van der Waals surface area contributed by atoms with E-state index in [9.17, 15) is 0 Å². The zero-order valence-electron chi connectivity index (χ0n) is 15.9. The number of ether oxygens (including phenoxy) is 3. The summed E-state index contributed by atoms with van der Waals surface area (Å²) in [5.41, 5.74) is 2.91. The van der Waals surface area contributed by atoms with Gasteiger partial charge >= 0.3 is 0 Å². The van der Waals surface area contributed by atoms with Gasteiger partial charge in [0.05, 0.1) is 51.0 Å². The summed E-state index contributed by atoms with van der Waals surface area (Å²) in [6.45, 7) is 0. The molecule has 0 atom stereocenters. The Morgan fingerprint density at radius 2 is 1.96 bits per heavy atom. The number of nitrogens with one attached hydrogen (secondary N) is 1. The SMILES string of the molecule is COC1=CCC(Nc2cncc(-c3cccc(C#N)c3)n2)=CC(OC)=C1OC. The van der Waals surface area contributed by atoms with E-state index in [-0.39, 0.29) is 0 Å². The summed E-state index contributed by atoms with van der Waals surface area (Å²) in [4.78, 5) is 8.87. The number of nitriles is 1. The normalized spacial score (nSPS) is 13.6. The molecule has 0 saturated heterocycles. The summed E-state index contributed by atoms with van der Waals surface area (Å²) in [7, 11) is 4.72. The van der Waals surface area contributed by atoms with Gasteiger partial charge in [0, 0.05) is 23.8 Å². The van der Waals surface area contributed by atoms with Crippen LogP contribution in [-0.2, 0) is 14.2 Å². The molecule has 142 valence electrons. The van der Waals surface area contributed by atoms with Crippen molar-refractivity contribution in [3.05, 3.63) is 77.3 Å². The van der Waals surface area contributed by atoms with Crippen LogP contribution in [0, 0.1) is 11.3 Å². The minimum absolute atomic E-state index is 0.523. The Kier molecular flexibility index (Phi) is 5.92. The molecule has 1 heterocycles. The van der Waals surface area contributed by atoms with Gasteiger partial charge in [-0.15, -0.1) is 0 Å². The van der Waals surface area contributed by atoms with Crippen molar-refractivity contribution in [2.75, 3.05) is 26.6 Å². The van der Waals surface area contributed by atoms with Gasteiger partial charge in [0.2, 0.25) is 5.76 Å². The second-order valence-corrected chi connectivity index (χ2v) is 5.85. The fourth-order valence-corrected chi connectivity index (χ4v) is 2.79. The van der Waals surface area contributed by atoms with Crippen LogP contribution < -0.4 is 5.32 Å². The van der Waals surface area contributed by atoms with E-state index in [1.807, 2.05) is 24.3 Å². The molecule has 0 fully saturated rings. The van der Waals surface area contributed by atoms with Crippen molar-refractivity contribution in [2.24, 2.45) is 0 Å². The van der Waals surface area contributed by atoms with E-state index in [2.05, 4.69) is 21.4 Å². The van der Waals surface area contributed by atoms with E-state index in [4.69, 9.17) is 19.5 Å². The molecule has 0 radical (unpaired) electrons. The van der Waals surface area contributed by atoms with Gasteiger partial charge in [0.1, 0.15) is 5.82 Å². The zero-order chi connectivity index (χ0) is 19.9. The minimum atomic E-state index is 0.523. The standard InChI is InChI=1S/C21H20N4O3/c1-26-18-8-7-16(10-19(27-2)21(18)28-3)24-20-13-23-12-17(25-20)15-6-4-5-14(9-15)11-22/h4-6,8-10,12-13H,7H2,1-3H3,(H,24,25). The predicted octanol–water partition coefficient (Wildman–Crippen LogP) is 3.75. The molecule has 0 spiro atoms. The molecule has 0 bridgehead atoms. The van der Waals surface area contributed by atoms with Crippen LogP contribution in [0.4, 0.5) is 5.82 Å². The molecule has 0 saturated carbocycles. The van der Waals surface area contributed by atoms with E-state index >= 15 is 0 Å². The fourth-order valence-electron chi connectivity index (χ4n) is 2.79. The zero-order valence-corrected chi connectivity index (χ0v) is 15.9. The fraction of sp³-hybridized carbons (Fsp3) is 0.190. The Bertz CT molecular complexity index is 1000. The first-order valence-corrected chi connectivity index (χ1v) is 8.55. The summed E-state index contributed by atoms with van der Waals surface area (Å²) in [5.74, 6) is 2.24. The van der Waals surface area contributed by atoms with Crippen molar-refractivity contribution >= 4 is 5.82 Å². The van der Waals surface area contributed by atoms with Crippen LogP contribution in [0.15, 0.2) is 71.8 Å². The molecule has 1 aromatic heterocycles. The third kappa shape index (κ3) is 4.13. The van der Waals surface area contributed by atoms with E-state index < -0.39 is 0 Å². The van der Waals surface area contributed by atoms with Crippen LogP contribution in [0.25, 0.3) is 11.3 Å². The number of hydrogen-bond donors (Lipinski definition) is 1. The Labute approximate surface area is 163 Å². The minimum Gasteiger partial charge on any atom is -0.493 e. The molecule has 28 heavy (non-hydrogen) atoms. The maximum absolute atomic E-state index is 9.09. The van der Waals surface area contributed by atoms with E-state index in [0.717, 1.165) is 11.3 Å². The summed E-state index contributed by atoms with van der Waals surface area (Å²) < 4.78 is 16.2. The maximum atomic E-state index is 9.09. The summed E-state index contributed by atoms with van der Waals surface area (Å²) >= 11 is 0. The lowest BCUT2D eigenvalue weighted by atomic mass is 10.1. The lowest BCUT2D eigenvalue weighted by Crippen LogP contribution is -2.03. The van der Waals surface area contributed by atoms with E-state index in [1.165, 1.54) is 0 Å². The largest absolute Gasteiger partial charge is 0.493 e. The average molecular weight is 376 g/mol. The first-order chi connectivity index (χ1) is 13.7.